The van der Waals surface area contributed by atoms with E-state index < -0.39 is 17.9 Å². The molecule has 160 valence electrons. The van der Waals surface area contributed by atoms with E-state index in [2.05, 4.69) is 12.2 Å². The van der Waals surface area contributed by atoms with Gasteiger partial charge in [-0.05, 0) is 42.7 Å². The fourth-order valence-electron chi connectivity index (χ4n) is 2.78. The number of carbonyl (C=O) groups is 2. The summed E-state index contributed by atoms with van der Waals surface area (Å²) in [6, 6.07) is 13.6. The summed E-state index contributed by atoms with van der Waals surface area (Å²) in [6.45, 7) is 5.11. The fraction of sp³-hybridized carbons (Fsp3) is 0.333. The van der Waals surface area contributed by atoms with Gasteiger partial charge in [0.25, 0.3) is 0 Å². The molecule has 2 N–H and O–H groups in total. The number of carbonyl (C=O) groups excluding carboxylic acids is 1. The van der Waals surface area contributed by atoms with Crippen LogP contribution in [0, 0.1) is 0 Å². The molecule has 0 aliphatic carbocycles. The quantitative estimate of drug-likeness (QED) is 0.406. The zero-order valence-electron chi connectivity index (χ0n) is 17.5. The molecule has 0 heterocycles. The van der Waals surface area contributed by atoms with E-state index in [1.807, 2.05) is 49.4 Å². The third kappa shape index (κ3) is 7.62. The first kappa shape index (κ1) is 23.0. The SMILES string of the molecule is CCCCOc1ccc(/C=C/C(=O)N[C@@H](Cc2ccccc2)C(=O)O)cc1OCC. The first-order valence-corrected chi connectivity index (χ1v) is 10.2. The highest BCUT2D eigenvalue weighted by Gasteiger charge is 2.19. The number of hydrogen-bond acceptors (Lipinski definition) is 4. The summed E-state index contributed by atoms with van der Waals surface area (Å²) in [7, 11) is 0. The van der Waals surface area contributed by atoms with E-state index in [1.54, 1.807) is 12.1 Å². The van der Waals surface area contributed by atoms with Crippen LogP contribution in [0.1, 0.15) is 37.8 Å². The molecule has 0 unspecified atom stereocenters. The molecule has 0 saturated carbocycles. The Kier molecular flexibility index (Phi) is 9.45. The van der Waals surface area contributed by atoms with Gasteiger partial charge in [-0.15, -0.1) is 0 Å². The smallest absolute Gasteiger partial charge is 0.326 e. The van der Waals surface area contributed by atoms with E-state index in [0.29, 0.717) is 24.7 Å². The third-order valence-electron chi connectivity index (χ3n) is 4.35. The predicted molar refractivity (Wildman–Crippen MR) is 117 cm³/mol. The van der Waals surface area contributed by atoms with Gasteiger partial charge in [0.1, 0.15) is 6.04 Å². The van der Waals surface area contributed by atoms with E-state index in [9.17, 15) is 14.7 Å². The summed E-state index contributed by atoms with van der Waals surface area (Å²) in [5, 5.41) is 12.0. The Morgan fingerprint density at radius 1 is 1.07 bits per heavy atom. The van der Waals surface area contributed by atoms with Crippen LogP contribution in [0.3, 0.4) is 0 Å². The van der Waals surface area contributed by atoms with E-state index in [1.165, 1.54) is 6.08 Å². The van der Waals surface area contributed by atoms with Crippen LogP contribution >= 0.6 is 0 Å². The van der Waals surface area contributed by atoms with Crippen molar-refractivity contribution in [3.05, 3.63) is 65.7 Å². The lowest BCUT2D eigenvalue weighted by Crippen LogP contribution is -2.41. The molecule has 2 rings (SSSR count). The molecule has 30 heavy (non-hydrogen) atoms. The number of unbranched alkanes of at least 4 members (excludes halogenated alkanes) is 1. The number of carboxylic acid groups (broad SMARTS) is 1. The molecule has 0 aliphatic heterocycles. The Morgan fingerprint density at radius 3 is 2.50 bits per heavy atom. The number of aliphatic carboxylic acids is 1. The van der Waals surface area contributed by atoms with E-state index >= 15 is 0 Å². The normalized spacial score (nSPS) is 11.8. The van der Waals surface area contributed by atoms with Crippen LogP contribution in [-0.4, -0.2) is 36.2 Å². The van der Waals surface area contributed by atoms with Crippen molar-refractivity contribution in [2.75, 3.05) is 13.2 Å². The molecule has 0 saturated heterocycles. The Bertz CT molecular complexity index is 848. The minimum atomic E-state index is -1.08. The van der Waals surface area contributed by atoms with Gasteiger partial charge in [-0.2, -0.15) is 0 Å². The molecular formula is C24H29NO5. The van der Waals surface area contributed by atoms with Gasteiger partial charge >= 0.3 is 5.97 Å². The van der Waals surface area contributed by atoms with Crippen molar-refractivity contribution in [1.82, 2.24) is 5.32 Å². The Hall–Kier alpha value is -3.28. The number of benzene rings is 2. The summed E-state index contributed by atoms with van der Waals surface area (Å²) in [4.78, 5) is 23.8. The van der Waals surface area contributed by atoms with Crippen molar-refractivity contribution >= 4 is 18.0 Å². The van der Waals surface area contributed by atoms with Crippen LogP contribution in [-0.2, 0) is 16.0 Å². The van der Waals surface area contributed by atoms with Crippen molar-refractivity contribution in [3.8, 4) is 11.5 Å². The number of amides is 1. The van der Waals surface area contributed by atoms with Crippen molar-refractivity contribution in [2.24, 2.45) is 0 Å². The lowest BCUT2D eigenvalue weighted by Gasteiger charge is -2.13. The maximum absolute atomic E-state index is 12.3. The first-order chi connectivity index (χ1) is 14.5. The van der Waals surface area contributed by atoms with Crippen LogP contribution in [0.5, 0.6) is 11.5 Å². The topological polar surface area (TPSA) is 84.9 Å². The largest absolute Gasteiger partial charge is 0.490 e. The number of rotatable bonds is 12. The number of carboxylic acids is 1. The minimum absolute atomic E-state index is 0.216. The van der Waals surface area contributed by atoms with Crippen LogP contribution in [0.15, 0.2) is 54.6 Å². The average Bonchev–Trinajstić information content (AvgIpc) is 2.74. The van der Waals surface area contributed by atoms with Crippen molar-refractivity contribution < 1.29 is 24.2 Å². The van der Waals surface area contributed by atoms with E-state index in [-0.39, 0.29) is 6.42 Å². The highest BCUT2D eigenvalue weighted by molar-refractivity contribution is 5.94. The molecule has 0 radical (unpaired) electrons. The van der Waals surface area contributed by atoms with Crippen LogP contribution < -0.4 is 14.8 Å². The standard InChI is InChI=1S/C24H29NO5/c1-3-5-15-30-21-13-11-19(17-22(21)29-4-2)12-14-23(26)25-20(24(27)28)16-18-9-7-6-8-10-18/h6-14,17,20H,3-5,15-16H2,1-2H3,(H,25,26)(H,27,28)/b14-12+/t20-/m0/s1. The van der Waals surface area contributed by atoms with E-state index in [4.69, 9.17) is 9.47 Å². The molecule has 0 bridgehead atoms. The first-order valence-electron chi connectivity index (χ1n) is 10.2. The molecule has 1 amide bonds. The number of nitrogens with one attached hydrogen (secondary N) is 1. The van der Waals surface area contributed by atoms with Crippen molar-refractivity contribution in [1.29, 1.82) is 0 Å². The van der Waals surface area contributed by atoms with Crippen LogP contribution in [0.25, 0.3) is 6.08 Å². The molecule has 1 atom stereocenters. The van der Waals surface area contributed by atoms with Crippen molar-refractivity contribution in [2.45, 2.75) is 39.2 Å². The molecule has 6 nitrogen and oxygen atoms in total. The molecule has 0 aromatic heterocycles. The maximum atomic E-state index is 12.3. The predicted octanol–water partition coefficient (Wildman–Crippen LogP) is 4.09. The van der Waals surface area contributed by atoms with Gasteiger partial charge in [0.15, 0.2) is 11.5 Å². The Balaban J connectivity index is 2.03. The van der Waals surface area contributed by atoms with Gasteiger partial charge in [0.05, 0.1) is 13.2 Å². The van der Waals surface area contributed by atoms with E-state index in [0.717, 1.165) is 24.0 Å². The van der Waals surface area contributed by atoms with Gasteiger partial charge in [-0.3, -0.25) is 4.79 Å². The van der Waals surface area contributed by atoms with Gasteiger partial charge in [-0.1, -0.05) is 49.7 Å². The molecule has 6 heteroatoms. The summed E-state index contributed by atoms with van der Waals surface area (Å²) >= 11 is 0. The maximum Gasteiger partial charge on any atom is 0.326 e. The van der Waals surface area contributed by atoms with Crippen LogP contribution in [0.2, 0.25) is 0 Å². The second kappa shape index (κ2) is 12.3. The van der Waals surface area contributed by atoms with Gasteiger partial charge in [-0.25, -0.2) is 4.79 Å². The molecule has 2 aromatic rings. The number of hydrogen-bond donors (Lipinski definition) is 2. The summed E-state index contributed by atoms with van der Waals surface area (Å²) in [5.74, 6) is -0.267. The highest BCUT2D eigenvalue weighted by atomic mass is 16.5. The third-order valence-corrected chi connectivity index (χ3v) is 4.35. The van der Waals surface area contributed by atoms with Crippen molar-refractivity contribution in [3.63, 3.8) is 0 Å². The average molecular weight is 411 g/mol. The van der Waals surface area contributed by atoms with Gasteiger partial charge in [0.2, 0.25) is 5.91 Å². The summed E-state index contributed by atoms with van der Waals surface area (Å²) in [6.07, 6.45) is 5.16. The molecular weight excluding hydrogens is 382 g/mol. The molecule has 2 aromatic carbocycles. The summed E-state index contributed by atoms with van der Waals surface area (Å²) in [5.41, 5.74) is 1.60. The molecule has 0 aliphatic rings. The fourth-order valence-corrected chi connectivity index (χ4v) is 2.78. The minimum Gasteiger partial charge on any atom is -0.490 e. The zero-order valence-corrected chi connectivity index (χ0v) is 17.5. The Morgan fingerprint density at radius 2 is 1.83 bits per heavy atom. The molecule has 0 spiro atoms. The van der Waals surface area contributed by atoms with Crippen LogP contribution in [0.4, 0.5) is 0 Å². The Labute approximate surface area is 177 Å². The monoisotopic (exact) mass is 411 g/mol. The zero-order chi connectivity index (χ0) is 21.8. The van der Waals surface area contributed by atoms with Gasteiger partial charge in [0, 0.05) is 12.5 Å². The van der Waals surface area contributed by atoms with Gasteiger partial charge < -0.3 is 19.9 Å². The second-order valence-corrected chi connectivity index (χ2v) is 6.76. The second-order valence-electron chi connectivity index (χ2n) is 6.76. The molecule has 0 fully saturated rings. The summed E-state index contributed by atoms with van der Waals surface area (Å²) < 4.78 is 11.4. The lowest BCUT2D eigenvalue weighted by molar-refractivity contribution is -0.141. The highest BCUT2D eigenvalue weighted by Crippen LogP contribution is 2.29. The number of ether oxygens (including phenoxy) is 2. The lowest BCUT2D eigenvalue weighted by atomic mass is 10.1.